The summed E-state index contributed by atoms with van der Waals surface area (Å²) in [5.41, 5.74) is 0. The molecule has 1 heterocycles. The van der Waals surface area contributed by atoms with E-state index in [-0.39, 0.29) is 0 Å². The van der Waals surface area contributed by atoms with E-state index in [0.29, 0.717) is 0 Å². The molecule has 0 aliphatic carbocycles. The van der Waals surface area contributed by atoms with Crippen LogP contribution in [-0.4, -0.2) is 27.0 Å². The van der Waals surface area contributed by atoms with Crippen LogP contribution in [0.25, 0.3) is 0 Å². The Morgan fingerprint density at radius 2 is 1.44 bits per heavy atom. The molecule has 9 heavy (non-hydrogen) atoms. The Balaban J connectivity index is 2.42. The summed E-state index contributed by atoms with van der Waals surface area (Å²) < 4.78 is 0. The molecule has 5 heteroatoms. The van der Waals surface area contributed by atoms with Crippen molar-refractivity contribution >= 4 is 15.2 Å². The molecule has 0 aromatic rings. The zero-order valence-corrected chi connectivity index (χ0v) is 7.01. The fourth-order valence-corrected chi connectivity index (χ4v) is 5.80. The summed E-state index contributed by atoms with van der Waals surface area (Å²) in [4.78, 5) is 26.4. The van der Waals surface area contributed by atoms with Crippen LogP contribution in [0.1, 0.15) is 12.8 Å². The summed E-state index contributed by atoms with van der Waals surface area (Å²) >= 11 is 0. The summed E-state index contributed by atoms with van der Waals surface area (Å²) in [5, 5.41) is 0. The van der Waals surface area contributed by atoms with Crippen LogP contribution < -0.4 is 0 Å². The predicted molar refractivity (Wildman–Crippen MR) is 40.9 cm³/mol. The van der Waals surface area contributed by atoms with Gasteiger partial charge in [-0.05, 0) is 0 Å². The summed E-state index contributed by atoms with van der Waals surface area (Å²) in [5.74, 6) is 0. The minimum atomic E-state index is -3.66. The van der Waals surface area contributed by atoms with Crippen LogP contribution in [0.2, 0.25) is 0 Å². The molecule has 3 nitrogen and oxygen atoms in total. The number of rotatable bonds is 1. The van der Waals surface area contributed by atoms with Crippen molar-refractivity contribution in [2.45, 2.75) is 12.8 Å². The first-order valence-corrected chi connectivity index (χ1v) is 7.42. The van der Waals surface area contributed by atoms with Gasteiger partial charge in [0.25, 0.3) is 0 Å². The zero-order valence-electron chi connectivity index (χ0n) is 5.12. The molecule has 56 valence electrons. The first-order valence-electron chi connectivity index (χ1n) is 3.03. The second-order valence-corrected chi connectivity index (χ2v) is 9.17. The first-order chi connectivity index (χ1) is 4.11. The molecule has 0 radical (unpaired) electrons. The number of hydrogen-bond acceptors (Lipinski definition) is 3. The Bertz CT molecular complexity index is 94.5. The van der Waals surface area contributed by atoms with Gasteiger partial charge in [0.05, 0.1) is 0 Å². The van der Waals surface area contributed by atoms with Crippen molar-refractivity contribution < 1.29 is 14.7 Å². The molecule has 0 spiro atoms. The van der Waals surface area contributed by atoms with E-state index in [0.717, 1.165) is 25.2 Å². The SMILES string of the molecule is O[PH](O)(O)P1CCCC1. The molecule has 0 amide bonds. The summed E-state index contributed by atoms with van der Waals surface area (Å²) in [6.07, 6.45) is 3.82. The van der Waals surface area contributed by atoms with E-state index in [1.165, 1.54) is 0 Å². The van der Waals surface area contributed by atoms with Crippen LogP contribution in [0.5, 0.6) is 0 Å². The fraction of sp³-hybridized carbons (Fsp3) is 1.00. The average molecular weight is 170 g/mol. The molecular weight excluding hydrogens is 158 g/mol. The van der Waals surface area contributed by atoms with E-state index in [2.05, 4.69) is 0 Å². The molecule has 1 fully saturated rings. The van der Waals surface area contributed by atoms with Crippen LogP contribution >= 0.6 is 15.2 Å². The maximum absolute atomic E-state index is 8.80. The molecule has 0 unspecified atom stereocenters. The third kappa shape index (κ3) is 2.10. The van der Waals surface area contributed by atoms with Crippen molar-refractivity contribution in [3.63, 3.8) is 0 Å². The molecule has 3 N–H and O–H groups in total. The normalized spacial score (nSPS) is 24.8. The Labute approximate surface area is 56.0 Å². The van der Waals surface area contributed by atoms with Crippen LogP contribution in [0.3, 0.4) is 0 Å². The van der Waals surface area contributed by atoms with Crippen molar-refractivity contribution in [3.05, 3.63) is 0 Å². The van der Waals surface area contributed by atoms with Crippen molar-refractivity contribution in [1.29, 1.82) is 0 Å². The van der Waals surface area contributed by atoms with Gasteiger partial charge in [0.2, 0.25) is 0 Å². The fourth-order valence-electron chi connectivity index (χ4n) is 1.02. The summed E-state index contributed by atoms with van der Waals surface area (Å²) in [6.45, 7) is 0. The molecule has 1 aliphatic heterocycles. The van der Waals surface area contributed by atoms with Gasteiger partial charge in [0.1, 0.15) is 0 Å². The van der Waals surface area contributed by atoms with Crippen LogP contribution in [0.15, 0.2) is 0 Å². The second-order valence-electron chi connectivity index (χ2n) is 2.29. The topological polar surface area (TPSA) is 60.7 Å². The van der Waals surface area contributed by atoms with Gasteiger partial charge >= 0.3 is 55.1 Å². The molecule has 0 bridgehead atoms. The molecule has 0 aromatic carbocycles. The zero-order chi connectivity index (χ0) is 6.91. The van der Waals surface area contributed by atoms with Gasteiger partial charge < -0.3 is 0 Å². The van der Waals surface area contributed by atoms with E-state index < -0.39 is 15.2 Å². The van der Waals surface area contributed by atoms with E-state index in [1.54, 1.807) is 0 Å². The Kier molecular flexibility index (Phi) is 2.42. The van der Waals surface area contributed by atoms with Crippen LogP contribution in [0, 0.1) is 0 Å². The van der Waals surface area contributed by atoms with Crippen molar-refractivity contribution in [2.75, 3.05) is 12.3 Å². The third-order valence-corrected chi connectivity index (χ3v) is 7.98. The molecule has 1 aliphatic rings. The Hall–Kier alpha value is 0.740. The van der Waals surface area contributed by atoms with Crippen LogP contribution in [0.4, 0.5) is 0 Å². The van der Waals surface area contributed by atoms with Gasteiger partial charge in [0, 0.05) is 0 Å². The quantitative estimate of drug-likeness (QED) is 0.506. The van der Waals surface area contributed by atoms with Crippen LogP contribution in [-0.2, 0) is 0 Å². The van der Waals surface area contributed by atoms with Crippen molar-refractivity contribution in [3.8, 4) is 0 Å². The Morgan fingerprint density at radius 3 is 1.67 bits per heavy atom. The Morgan fingerprint density at radius 1 is 1.00 bits per heavy atom. The second kappa shape index (κ2) is 2.77. The third-order valence-electron chi connectivity index (χ3n) is 1.53. The first kappa shape index (κ1) is 7.84. The van der Waals surface area contributed by atoms with Gasteiger partial charge in [-0.1, -0.05) is 0 Å². The van der Waals surface area contributed by atoms with E-state index in [1.807, 2.05) is 0 Å². The van der Waals surface area contributed by atoms with Crippen molar-refractivity contribution in [2.24, 2.45) is 0 Å². The van der Waals surface area contributed by atoms with E-state index in [4.69, 9.17) is 14.7 Å². The van der Waals surface area contributed by atoms with Gasteiger partial charge in [-0.25, -0.2) is 0 Å². The van der Waals surface area contributed by atoms with E-state index >= 15 is 0 Å². The monoisotopic (exact) mass is 170 g/mol. The van der Waals surface area contributed by atoms with Gasteiger partial charge in [-0.15, -0.1) is 0 Å². The van der Waals surface area contributed by atoms with Gasteiger partial charge in [0.15, 0.2) is 0 Å². The molecule has 0 atom stereocenters. The van der Waals surface area contributed by atoms with E-state index in [9.17, 15) is 0 Å². The van der Waals surface area contributed by atoms with Crippen molar-refractivity contribution in [1.82, 2.24) is 0 Å². The molecule has 1 rings (SSSR count). The molecule has 0 aromatic heterocycles. The molecule has 1 saturated heterocycles. The summed E-state index contributed by atoms with van der Waals surface area (Å²) in [6, 6.07) is 0. The minimum absolute atomic E-state index is 0.781. The van der Waals surface area contributed by atoms with Gasteiger partial charge in [-0.2, -0.15) is 0 Å². The standard InChI is InChI=1S/C4H12O3P2/c5-9(6,7)8-3-1-2-4-8/h5-7,9H,1-4H2. The molecular formula is C4H12O3P2. The number of hydrogen-bond donors (Lipinski definition) is 3. The van der Waals surface area contributed by atoms with Gasteiger partial charge in [-0.3, -0.25) is 0 Å². The summed E-state index contributed by atoms with van der Waals surface area (Å²) in [7, 11) is -4.44. The maximum atomic E-state index is 8.80. The predicted octanol–water partition coefficient (Wildman–Crippen LogP) is 0.649. The average Bonchev–Trinajstić information content (AvgIpc) is 2.08. The molecule has 0 saturated carbocycles.